The highest BCUT2D eigenvalue weighted by Gasteiger charge is 2.14. The molecule has 0 unspecified atom stereocenters. The molecule has 2 amide bonds. The summed E-state index contributed by atoms with van der Waals surface area (Å²) in [5.41, 5.74) is 1.16. The molecule has 1 heterocycles. The minimum atomic E-state index is -0.439. The summed E-state index contributed by atoms with van der Waals surface area (Å²) >= 11 is 1.14. The van der Waals surface area contributed by atoms with Gasteiger partial charge in [-0.05, 0) is 46.8 Å². The standard InChI is InChI=1S/C17H15N5O3S/c1-25-14-9-7-13(8-10-14)22-17(19-20-21-22)26-11-15(23)18-16(24)12-5-3-2-4-6-12/h2-10H,11H2,1H3,(H,18,23,24). The van der Waals surface area contributed by atoms with Gasteiger partial charge in [0.25, 0.3) is 5.91 Å². The molecule has 1 N–H and O–H groups in total. The van der Waals surface area contributed by atoms with Crippen molar-refractivity contribution in [3.63, 3.8) is 0 Å². The number of hydrogen-bond acceptors (Lipinski definition) is 7. The number of tetrazole rings is 1. The van der Waals surface area contributed by atoms with Gasteiger partial charge in [0.15, 0.2) is 0 Å². The van der Waals surface area contributed by atoms with Gasteiger partial charge in [0.05, 0.1) is 18.6 Å². The fourth-order valence-electron chi connectivity index (χ4n) is 2.11. The van der Waals surface area contributed by atoms with Crippen molar-refractivity contribution in [3.05, 3.63) is 60.2 Å². The number of methoxy groups -OCH3 is 1. The first-order chi connectivity index (χ1) is 12.7. The molecule has 0 saturated heterocycles. The molecule has 0 spiro atoms. The lowest BCUT2D eigenvalue weighted by Gasteiger charge is -2.06. The number of carbonyl (C=O) groups is 2. The van der Waals surface area contributed by atoms with Crippen molar-refractivity contribution in [3.8, 4) is 11.4 Å². The molecular formula is C17H15N5O3S. The number of ether oxygens (including phenoxy) is 1. The highest BCUT2D eigenvalue weighted by Crippen LogP contribution is 2.20. The van der Waals surface area contributed by atoms with Crippen LogP contribution < -0.4 is 10.1 Å². The van der Waals surface area contributed by atoms with Crippen molar-refractivity contribution in [1.29, 1.82) is 0 Å². The zero-order valence-corrected chi connectivity index (χ0v) is 14.6. The Labute approximate surface area is 153 Å². The molecule has 8 nitrogen and oxygen atoms in total. The normalized spacial score (nSPS) is 10.3. The SMILES string of the molecule is COc1ccc(-n2nnnc2SCC(=O)NC(=O)c2ccccc2)cc1. The first-order valence-corrected chi connectivity index (χ1v) is 8.61. The first-order valence-electron chi connectivity index (χ1n) is 7.62. The molecular weight excluding hydrogens is 354 g/mol. The number of hydrogen-bond donors (Lipinski definition) is 1. The van der Waals surface area contributed by atoms with Gasteiger partial charge in [-0.3, -0.25) is 14.9 Å². The van der Waals surface area contributed by atoms with E-state index in [1.54, 1.807) is 61.7 Å². The third-order valence-electron chi connectivity index (χ3n) is 3.38. The van der Waals surface area contributed by atoms with E-state index < -0.39 is 11.8 Å². The highest BCUT2D eigenvalue weighted by molar-refractivity contribution is 7.99. The molecule has 26 heavy (non-hydrogen) atoms. The van der Waals surface area contributed by atoms with Crippen LogP contribution in [0.5, 0.6) is 5.75 Å². The lowest BCUT2D eigenvalue weighted by atomic mass is 10.2. The Morgan fingerprint density at radius 3 is 2.54 bits per heavy atom. The van der Waals surface area contributed by atoms with Gasteiger partial charge in [-0.15, -0.1) is 5.10 Å². The number of imide groups is 1. The molecule has 0 atom stereocenters. The lowest BCUT2D eigenvalue weighted by molar-refractivity contribution is -0.117. The first kappa shape index (κ1) is 17.6. The minimum Gasteiger partial charge on any atom is -0.497 e. The summed E-state index contributed by atoms with van der Waals surface area (Å²) in [7, 11) is 1.59. The van der Waals surface area contributed by atoms with Crippen molar-refractivity contribution in [2.75, 3.05) is 12.9 Å². The van der Waals surface area contributed by atoms with Crippen LogP contribution >= 0.6 is 11.8 Å². The zero-order chi connectivity index (χ0) is 18.4. The summed E-state index contributed by atoms with van der Waals surface area (Å²) in [6.45, 7) is 0. The fraction of sp³-hybridized carbons (Fsp3) is 0.118. The van der Waals surface area contributed by atoms with Crippen molar-refractivity contribution in [2.45, 2.75) is 5.16 Å². The van der Waals surface area contributed by atoms with Gasteiger partial charge in [0, 0.05) is 5.56 Å². The maximum absolute atomic E-state index is 12.0. The Hall–Kier alpha value is -3.20. The van der Waals surface area contributed by atoms with Gasteiger partial charge >= 0.3 is 0 Å². The predicted molar refractivity (Wildman–Crippen MR) is 95.3 cm³/mol. The van der Waals surface area contributed by atoms with E-state index in [0.717, 1.165) is 23.2 Å². The zero-order valence-electron chi connectivity index (χ0n) is 13.8. The molecule has 1 aromatic heterocycles. The second-order valence-corrected chi connectivity index (χ2v) is 6.05. The predicted octanol–water partition coefficient (Wildman–Crippen LogP) is 1.72. The number of carbonyl (C=O) groups excluding carboxylic acids is 2. The smallest absolute Gasteiger partial charge is 0.257 e. The molecule has 0 saturated carbocycles. The van der Waals surface area contributed by atoms with Crippen LogP contribution in [0.3, 0.4) is 0 Å². The molecule has 2 aromatic carbocycles. The van der Waals surface area contributed by atoms with E-state index in [-0.39, 0.29) is 5.75 Å². The molecule has 3 aromatic rings. The average molecular weight is 369 g/mol. The Bertz CT molecular complexity index is 896. The van der Waals surface area contributed by atoms with Crippen molar-refractivity contribution in [2.24, 2.45) is 0 Å². The van der Waals surface area contributed by atoms with Crippen LogP contribution in [-0.4, -0.2) is 44.9 Å². The Morgan fingerprint density at radius 1 is 1.12 bits per heavy atom. The topological polar surface area (TPSA) is 99.0 Å². The van der Waals surface area contributed by atoms with Crippen molar-refractivity contribution in [1.82, 2.24) is 25.5 Å². The van der Waals surface area contributed by atoms with Gasteiger partial charge in [-0.2, -0.15) is 4.68 Å². The maximum atomic E-state index is 12.0. The van der Waals surface area contributed by atoms with Crippen LogP contribution in [0.1, 0.15) is 10.4 Å². The van der Waals surface area contributed by atoms with Crippen LogP contribution in [0.2, 0.25) is 0 Å². The highest BCUT2D eigenvalue weighted by atomic mass is 32.2. The monoisotopic (exact) mass is 369 g/mol. The molecule has 0 fully saturated rings. The van der Waals surface area contributed by atoms with E-state index in [1.165, 1.54) is 4.68 Å². The maximum Gasteiger partial charge on any atom is 0.257 e. The van der Waals surface area contributed by atoms with Gasteiger partial charge in [0.2, 0.25) is 11.1 Å². The van der Waals surface area contributed by atoms with Crippen LogP contribution in [0.15, 0.2) is 59.8 Å². The Morgan fingerprint density at radius 2 is 1.85 bits per heavy atom. The molecule has 0 aliphatic heterocycles. The number of benzene rings is 2. The number of rotatable bonds is 6. The number of nitrogens with one attached hydrogen (secondary N) is 1. The number of amides is 2. The molecule has 3 rings (SSSR count). The van der Waals surface area contributed by atoms with E-state index in [1.807, 2.05) is 0 Å². The third kappa shape index (κ3) is 4.25. The number of aromatic nitrogens is 4. The number of nitrogens with zero attached hydrogens (tertiary/aromatic N) is 4. The summed E-state index contributed by atoms with van der Waals surface area (Å²) in [6.07, 6.45) is 0. The number of thioether (sulfide) groups is 1. The van der Waals surface area contributed by atoms with Gasteiger partial charge in [-0.25, -0.2) is 0 Å². The molecule has 0 aliphatic carbocycles. The molecule has 9 heteroatoms. The van der Waals surface area contributed by atoms with Gasteiger partial charge in [0.1, 0.15) is 5.75 Å². The van der Waals surface area contributed by atoms with Gasteiger partial charge in [-0.1, -0.05) is 30.0 Å². The summed E-state index contributed by atoms with van der Waals surface area (Å²) in [4.78, 5) is 24.0. The van der Waals surface area contributed by atoms with Crippen LogP contribution in [0.4, 0.5) is 0 Å². The van der Waals surface area contributed by atoms with E-state index >= 15 is 0 Å². The summed E-state index contributed by atoms with van der Waals surface area (Å²) in [5.74, 6) is -0.135. The lowest BCUT2D eigenvalue weighted by Crippen LogP contribution is -2.31. The average Bonchev–Trinajstić information content (AvgIpc) is 3.15. The van der Waals surface area contributed by atoms with Crippen LogP contribution in [-0.2, 0) is 4.79 Å². The fourth-order valence-corrected chi connectivity index (χ4v) is 2.80. The van der Waals surface area contributed by atoms with Crippen molar-refractivity contribution < 1.29 is 14.3 Å². The van der Waals surface area contributed by atoms with Crippen LogP contribution in [0.25, 0.3) is 5.69 Å². The molecule has 0 bridgehead atoms. The summed E-state index contributed by atoms with van der Waals surface area (Å²) in [6, 6.07) is 15.7. The largest absolute Gasteiger partial charge is 0.497 e. The Kier molecular flexibility index (Phi) is 5.59. The second kappa shape index (κ2) is 8.26. The summed E-state index contributed by atoms with van der Waals surface area (Å²) in [5, 5.41) is 14.3. The van der Waals surface area contributed by atoms with E-state index in [0.29, 0.717) is 10.7 Å². The van der Waals surface area contributed by atoms with Crippen molar-refractivity contribution >= 4 is 23.6 Å². The van der Waals surface area contributed by atoms with Crippen LogP contribution in [0, 0.1) is 0 Å². The van der Waals surface area contributed by atoms with Gasteiger partial charge < -0.3 is 4.74 Å². The minimum absolute atomic E-state index is 0.00903. The third-order valence-corrected chi connectivity index (χ3v) is 4.30. The molecule has 0 aliphatic rings. The van der Waals surface area contributed by atoms with E-state index in [2.05, 4.69) is 20.8 Å². The van der Waals surface area contributed by atoms with E-state index in [9.17, 15) is 9.59 Å². The summed E-state index contributed by atoms with van der Waals surface area (Å²) < 4.78 is 6.63. The Balaban J connectivity index is 1.61. The van der Waals surface area contributed by atoms with E-state index in [4.69, 9.17) is 4.74 Å². The second-order valence-electron chi connectivity index (χ2n) is 5.10. The molecule has 0 radical (unpaired) electrons. The quantitative estimate of drug-likeness (QED) is 0.661. The molecule has 132 valence electrons.